The monoisotopic (exact) mass is 248 g/mol. The first-order valence-electron chi connectivity index (χ1n) is 5.64. The van der Waals surface area contributed by atoms with E-state index in [9.17, 15) is 5.11 Å². The van der Waals surface area contributed by atoms with Crippen LogP contribution in [-0.4, -0.2) is 12.2 Å². The van der Waals surface area contributed by atoms with Gasteiger partial charge in [0.1, 0.15) is 5.75 Å². The number of para-hydroxylation sites is 1. The summed E-state index contributed by atoms with van der Waals surface area (Å²) < 4.78 is 5.29. The maximum Gasteiger partial charge on any atom is 0.122 e. The number of hydrogen-bond donors (Lipinski definition) is 1. The molecule has 2 rings (SSSR count). The number of methoxy groups -OCH3 is 1. The van der Waals surface area contributed by atoms with Gasteiger partial charge in [-0.05, 0) is 35.9 Å². The fraction of sp³-hybridized carbons (Fsp3) is 0.286. The summed E-state index contributed by atoms with van der Waals surface area (Å²) in [7, 11) is 1.68. The van der Waals surface area contributed by atoms with E-state index in [0.29, 0.717) is 0 Å². The number of benzene rings is 1. The molecule has 0 aliphatic rings. The second-order valence-corrected chi connectivity index (χ2v) is 4.86. The topological polar surface area (TPSA) is 29.5 Å². The van der Waals surface area contributed by atoms with E-state index in [1.807, 2.05) is 41.8 Å². The summed E-state index contributed by atoms with van der Waals surface area (Å²) in [5.74, 6) is 0.894. The van der Waals surface area contributed by atoms with E-state index in [0.717, 1.165) is 29.0 Å². The van der Waals surface area contributed by atoms with Crippen molar-refractivity contribution in [3.8, 4) is 5.75 Å². The zero-order valence-electron chi connectivity index (χ0n) is 9.80. The Kier molecular flexibility index (Phi) is 4.18. The quantitative estimate of drug-likeness (QED) is 0.878. The SMILES string of the molecule is COc1ccccc1CCC(O)c1cccs1. The van der Waals surface area contributed by atoms with Gasteiger partial charge in [0.2, 0.25) is 0 Å². The Morgan fingerprint density at radius 3 is 2.76 bits per heavy atom. The van der Waals surface area contributed by atoms with Crippen molar-refractivity contribution in [3.63, 3.8) is 0 Å². The van der Waals surface area contributed by atoms with E-state index in [-0.39, 0.29) is 6.10 Å². The van der Waals surface area contributed by atoms with E-state index in [1.54, 1.807) is 18.4 Å². The maximum atomic E-state index is 10.0. The minimum atomic E-state index is -0.375. The Morgan fingerprint density at radius 2 is 2.06 bits per heavy atom. The third kappa shape index (κ3) is 3.08. The van der Waals surface area contributed by atoms with Crippen LogP contribution in [0.25, 0.3) is 0 Å². The molecule has 3 heteroatoms. The van der Waals surface area contributed by atoms with E-state index in [2.05, 4.69) is 0 Å². The molecule has 0 amide bonds. The fourth-order valence-corrected chi connectivity index (χ4v) is 2.57. The molecule has 17 heavy (non-hydrogen) atoms. The molecule has 0 aliphatic carbocycles. The summed E-state index contributed by atoms with van der Waals surface area (Å²) in [5.41, 5.74) is 1.14. The van der Waals surface area contributed by atoms with Crippen LogP contribution < -0.4 is 4.74 Å². The third-order valence-corrected chi connectivity index (χ3v) is 3.72. The van der Waals surface area contributed by atoms with Crippen molar-refractivity contribution in [2.24, 2.45) is 0 Å². The molecule has 0 saturated heterocycles. The molecule has 0 radical (unpaired) electrons. The van der Waals surface area contributed by atoms with Gasteiger partial charge in [0, 0.05) is 4.88 Å². The van der Waals surface area contributed by atoms with Crippen molar-refractivity contribution < 1.29 is 9.84 Å². The first-order chi connectivity index (χ1) is 8.31. The number of thiophene rings is 1. The molecule has 0 spiro atoms. The molecule has 90 valence electrons. The van der Waals surface area contributed by atoms with Gasteiger partial charge in [-0.1, -0.05) is 24.3 Å². The van der Waals surface area contributed by atoms with Gasteiger partial charge < -0.3 is 9.84 Å². The highest BCUT2D eigenvalue weighted by Crippen LogP contribution is 2.26. The highest BCUT2D eigenvalue weighted by atomic mass is 32.1. The van der Waals surface area contributed by atoms with Crippen LogP contribution in [0, 0.1) is 0 Å². The summed E-state index contributed by atoms with van der Waals surface area (Å²) in [6.45, 7) is 0. The molecular formula is C14H16O2S. The third-order valence-electron chi connectivity index (χ3n) is 2.75. The lowest BCUT2D eigenvalue weighted by Gasteiger charge is -2.11. The largest absolute Gasteiger partial charge is 0.496 e. The Labute approximate surface area is 105 Å². The summed E-state index contributed by atoms with van der Waals surface area (Å²) in [6.07, 6.45) is 1.17. The highest BCUT2D eigenvalue weighted by Gasteiger charge is 2.10. The Hall–Kier alpha value is -1.32. The maximum absolute atomic E-state index is 10.0. The molecule has 1 aromatic carbocycles. The standard InChI is InChI=1S/C14H16O2S/c1-16-13-6-3-2-5-11(13)8-9-12(15)14-7-4-10-17-14/h2-7,10,12,15H,8-9H2,1H3. The first kappa shape index (κ1) is 12.1. The lowest BCUT2D eigenvalue weighted by Crippen LogP contribution is -1.99. The molecule has 1 aromatic heterocycles. The van der Waals surface area contributed by atoms with Gasteiger partial charge in [-0.3, -0.25) is 0 Å². The fourth-order valence-electron chi connectivity index (χ4n) is 1.82. The number of hydrogen-bond acceptors (Lipinski definition) is 3. The van der Waals surface area contributed by atoms with Gasteiger partial charge in [-0.25, -0.2) is 0 Å². The molecule has 2 nitrogen and oxygen atoms in total. The van der Waals surface area contributed by atoms with Crippen molar-refractivity contribution in [1.82, 2.24) is 0 Å². The number of rotatable bonds is 5. The molecule has 0 aliphatic heterocycles. The Bertz CT molecular complexity index is 451. The minimum Gasteiger partial charge on any atom is -0.496 e. The predicted molar refractivity (Wildman–Crippen MR) is 70.6 cm³/mol. The van der Waals surface area contributed by atoms with E-state index >= 15 is 0 Å². The second-order valence-electron chi connectivity index (χ2n) is 3.88. The smallest absolute Gasteiger partial charge is 0.122 e. The molecular weight excluding hydrogens is 232 g/mol. The summed E-state index contributed by atoms with van der Waals surface area (Å²) in [5, 5.41) is 12.0. The average Bonchev–Trinajstić information content (AvgIpc) is 2.90. The van der Waals surface area contributed by atoms with Crippen LogP contribution in [0.15, 0.2) is 41.8 Å². The van der Waals surface area contributed by atoms with Crippen molar-refractivity contribution in [2.75, 3.05) is 7.11 Å². The van der Waals surface area contributed by atoms with E-state index in [4.69, 9.17) is 4.74 Å². The molecule has 1 unspecified atom stereocenters. The Balaban J connectivity index is 1.98. The van der Waals surface area contributed by atoms with Crippen LogP contribution in [0.3, 0.4) is 0 Å². The Morgan fingerprint density at radius 1 is 1.24 bits per heavy atom. The van der Waals surface area contributed by atoms with Crippen LogP contribution in [0.5, 0.6) is 5.75 Å². The van der Waals surface area contributed by atoms with Crippen LogP contribution in [0.4, 0.5) is 0 Å². The van der Waals surface area contributed by atoms with Crippen LogP contribution in [-0.2, 0) is 6.42 Å². The first-order valence-corrected chi connectivity index (χ1v) is 6.52. The number of aryl methyl sites for hydroxylation is 1. The molecule has 0 fully saturated rings. The number of aliphatic hydroxyl groups is 1. The van der Waals surface area contributed by atoms with Crippen molar-refractivity contribution in [3.05, 3.63) is 52.2 Å². The van der Waals surface area contributed by atoms with Crippen LogP contribution in [0.2, 0.25) is 0 Å². The highest BCUT2D eigenvalue weighted by molar-refractivity contribution is 7.10. The average molecular weight is 248 g/mol. The van der Waals surface area contributed by atoms with Gasteiger partial charge in [0.05, 0.1) is 13.2 Å². The predicted octanol–water partition coefficient (Wildman–Crippen LogP) is 3.42. The lowest BCUT2D eigenvalue weighted by molar-refractivity contribution is 0.171. The molecule has 1 heterocycles. The normalized spacial score (nSPS) is 12.4. The molecule has 0 saturated carbocycles. The van der Waals surface area contributed by atoms with Gasteiger partial charge >= 0.3 is 0 Å². The van der Waals surface area contributed by atoms with E-state index < -0.39 is 0 Å². The zero-order chi connectivity index (χ0) is 12.1. The van der Waals surface area contributed by atoms with Crippen LogP contribution >= 0.6 is 11.3 Å². The van der Waals surface area contributed by atoms with Gasteiger partial charge in [0.25, 0.3) is 0 Å². The van der Waals surface area contributed by atoms with Crippen molar-refractivity contribution in [1.29, 1.82) is 0 Å². The molecule has 1 atom stereocenters. The summed E-state index contributed by atoms with van der Waals surface area (Å²) in [6, 6.07) is 11.9. The zero-order valence-corrected chi connectivity index (χ0v) is 10.6. The molecule has 0 bridgehead atoms. The van der Waals surface area contributed by atoms with Crippen molar-refractivity contribution >= 4 is 11.3 Å². The van der Waals surface area contributed by atoms with Crippen LogP contribution in [0.1, 0.15) is 23.0 Å². The summed E-state index contributed by atoms with van der Waals surface area (Å²) in [4.78, 5) is 1.03. The lowest BCUT2D eigenvalue weighted by atomic mass is 10.1. The van der Waals surface area contributed by atoms with Gasteiger partial charge in [-0.2, -0.15) is 0 Å². The molecule has 2 aromatic rings. The van der Waals surface area contributed by atoms with Gasteiger partial charge in [-0.15, -0.1) is 11.3 Å². The van der Waals surface area contributed by atoms with E-state index in [1.165, 1.54) is 0 Å². The van der Waals surface area contributed by atoms with Crippen molar-refractivity contribution in [2.45, 2.75) is 18.9 Å². The number of aliphatic hydroxyl groups excluding tert-OH is 1. The minimum absolute atomic E-state index is 0.375. The number of ether oxygens (including phenoxy) is 1. The van der Waals surface area contributed by atoms with Gasteiger partial charge in [0.15, 0.2) is 0 Å². The molecule has 1 N–H and O–H groups in total. The summed E-state index contributed by atoms with van der Waals surface area (Å²) >= 11 is 1.59. The second kappa shape index (κ2) is 5.84.